The molecule has 0 radical (unpaired) electrons. The topological polar surface area (TPSA) is 77.1 Å². The lowest BCUT2D eigenvalue weighted by atomic mass is 10.2. The number of hydrogen-bond donors (Lipinski definition) is 2. The predicted octanol–water partition coefficient (Wildman–Crippen LogP) is 1.53. The van der Waals surface area contributed by atoms with Gasteiger partial charge in [-0.2, -0.15) is 11.8 Å². The molecule has 0 bridgehead atoms. The fraction of sp³-hybridized carbons (Fsp3) is 0.692. The summed E-state index contributed by atoms with van der Waals surface area (Å²) in [5, 5.41) is 0. The van der Waals surface area contributed by atoms with E-state index in [0.717, 1.165) is 43.0 Å². The van der Waals surface area contributed by atoms with Gasteiger partial charge < -0.3 is 10.3 Å². The maximum atomic E-state index is 12.4. The predicted molar refractivity (Wildman–Crippen MR) is 83.3 cm³/mol. The van der Waals surface area contributed by atoms with Gasteiger partial charge >= 0.3 is 0 Å². The molecule has 20 heavy (non-hydrogen) atoms. The van der Waals surface area contributed by atoms with Gasteiger partial charge in [0.2, 0.25) is 10.0 Å². The van der Waals surface area contributed by atoms with Crippen LogP contribution in [0, 0.1) is 0 Å². The van der Waals surface area contributed by atoms with Gasteiger partial charge in [-0.25, -0.2) is 13.1 Å². The highest BCUT2D eigenvalue weighted by Gasteiger charge is 2.23. The fourth-order valence-electron chi connectivity index (χ4n) is 2.40. The van der Waals surface area contributed by atoms with E-state index < -0.39 is 10.0 Å². The van der Waals surface area contributed by atoms with E-state index in [1.54, 1.807) is 12.3 Å². The summed E-state index contributed by atoms with van der Waals surface area (Å²) in [5.41, 5.74) is 6.55. The van der Waals surface area contributed by atoms with Gasteiger partial charge in [0.25, 0.3) is 0 Å². The molecule has 1 fully saturated rings. The van der Waals surface area contributed by atoms with Gasteiger partial charge in [-0.05, 0) is 36.8 Å². The molecule has 7 heteroatoms. The molecule has 5 nitrogen and oxygen atoms in total. The summed E-state index contributed by atoms with van der Waals surface area (Å²) in [7, 11) is -3.43. The molecule has 1 aliphatic rings. The van der Waals surface area contributed by atoms with E-state index in [0.29, 0.717) is 11.4 Å². The van der Waals surface area contributed by atoms with Crippen molar-refractivity contribution >= 4 is 21.8 Å². The number of rotatable bonds is 6. The van der Waals surface area contributed by atoms with Crippen molar-refractivity contribution in [3.63, 3.8) is 0 Å². The van der Waals surface area contributed by atoms with E-state index in [1.807, 2.05) is 16.3 Å². The first-order valence-electron chi connectivity index (χ1n) is 7.06. The summed E-state index contributed by atoms with van der Waals surface area (Å²) in [4.78, 5) is 0.338. The average molecular weight is 317 g/mol. The van der Waals surface area contributed by atoms with Crippen LogP contribution in [0.25, 0.3) is 0 Å². The van der Waals surface area contributed by atoms with E-state index in [4.69, 9.17) is 5.73 Å². The molecule has 0 saturated carbocycles. The number of nitrogens with two attached hydrogens (primary N) is 1. The maximum Gasteiger partial charge on any atom is 0.242 e. The first-order valence-corrected chi connectivity index (χ1v) is 9.69. The molecule has 0 atom stereocenters. The molecule has 0 aromatic carbocycles. The average Bonchev–Trinajstić information content (AvgIpc) is 2.84. The Morgan fingerprint density at radius 3 is 2.75 bits per heavy atom. The van der Waals surface area contributed by atoms with E-state index in [2.05, 4.69) is 11.6 Å². The number of sulfonamides is 1. The van der Waals surface area contributed by atoms with E-state index in [1.165, 1.54) is 0 Å². The van der Waals surface area contributed by atoms with Gasteiger partial charge in [0, 0.05) is 31.0 Å². The molecule has 114 valence electrons. The summed E-state index contributed by atoms with van der Waals surface area (Å²) in [6.45, 7) is 3.21. The Bertz CT molecular complexity index is 534. The summed E-state index contributed by atoms with van der Waals surface area (Å²) >= 11 is 1.88. The normalized spacial score (nSPS) is 17.5. The summed E-state index contributed by atoms with van der Waals surface area (Å²) < 4.78 is 29.6. The zero-order valence-electron chi connectivity index (χ0n) is 11.8. The Hall–Kier alpha value is -0.500. The van der Waals surface area contributed by atoms with Crippen LogP contribution in [0.15, 0.2) is 17.2 Å². The number of aryl methyl sites for hydroxylation is 1. The standard InChI is InChI=1S/C13H23N3O2S2/c1-2-5-16-10-13(8-12(16)9-14)20(17,18)15-11-3-6-19-7-4-11/h8,10-11,15H,2-7,9,14H2,1H3. The molecule has 0 unspecified atom stereocenters. The van der Waals surface area contributed by atoms with E-state index >= 15 is 0 Å². The zero-order chi connectivity index (χ0) is 14.6. The Balaban J connectivity index is 2.15. The van der Waals surface area contributed by atoms with Crippen LogP contribution < -0.4 is 10.5 Å². The van der Waals surface area contributed by atoms with Gasteiger partial charge in [-0.1, -0.05) is 6.92 Å². The summed E-state index contributed by atoms with van der Waals surface area (Å²) in [6, 6.07) is 1.76. The second-order valence-electron chi connectivity index (χ2n) is 5.07. The largest absolute Gasteiger partial charge is 0.349 e. The van der Waals surface area contributed by atoms with Crippen LogP contribution in [0.3, 0.4) is 0 Å². The van der Waals surface area contributed by atoms with Gasteiger partial charge in [0.05, 0.1) is 4.90 Å². The third kappa shape index (κ3) is 3.78. The molecule has 0 aliphatic carbocycles. The molecule has 3 N–H and O–H groups in total. The Morgan fingerprint density at radius 1 is 1.45 bits per heavy atom. The fourth-order valence-corrected chi connectivity index (χ4v) is 4.87. The number of aromatic nitrogens is 1. The van der Waals surface area contributed by atoms with Crippen LogP contribution in [-0.4, -0.2) is 30.5 Å². The molecule has 2 rings (SSSR count). The quantitative estimate of drug-likeness (QED) is 0.834. The SMILES string of the molecule is CCCn1cc(S(=O)(=O)NC2CCSCC2)cc1CN. The van der Waals surface area contributed by atoms with Gasteiger partial charge in [-0.15, -0.1) is 0 Å². The lowest BCUT2D eigenvalue weighted by molar-refractivity contribution is 0.528. The number of nitrogens with zero attached hydrogens (tertiary/aromatic N) is 1. The van der Waals surface area contributed by atoms with Crippen molar-refractivity contribution in [2.45, 2.75) is 50.2 Å². The van der Waals surface area contributed by atoms with Crippen LogP contribution in [0.4, 0.5) is 0 Å². The molecule has 0 spiro atoms. The number of nitrogens with one attached hydrogen (secondary N) is 1. The minimum Gasteiger partial charge on any atom is -0.349 e. The first kappa shape index (κ1) is 15.9. The van der Waals surface area contributed by atoms with E-state index in [-0.39, 0.29) is 6.04 Å². The van der Waals surface area contributed by atoms with Crippen molar-refractivity contribution in [2.24, 2.45) is 5.73 Å². The lowest BCUT2D eigenvalue weighted by Crippen LogP contribution is -2.37. The minimum atomic E-state index is -3.43. The van der Waals surface area contributed by atoms with Crippen LogP contribution >= 0.6 is 11.8 Å². The number of thioether (sulfide) groups is 1. The van der Waals surface area contributed by atoms with Gasteiger partial charge in [-0.3, -0.25) is 0 Å². The van der Waals surface area contributed by atoms with Crippen LogP contribution in [0.2, 0.25) is 0 Å². The highest BCUT2D eigenvalue weighted by molar-refractivity contribution is 7.99. The van der Waals surface area contributed by atoms with Crippen molar-refractivity contribution in [3.8, 4) is 0 Å². The smallest absolute Gasteiger partial charge is 0.242 e. The highest BCUT2D eigenvalue weighted by Crippen LogP contribution is 2.20. The number of hydrogen-bond acceptors (Lipinski definition) is 4. The van der Waals surface area contributed by atoms with Crippen LogP contribution in [0.5, 0.6) is 0 Å². The zero-order valence-corrected chi connectivity index (χ0v) is 13.5. The molecule has 1 aliphatic heterocycles. The third-order valence-corrected chi connectivity index (χ3v) is 6.02. The van der Waals surface area contributed by atoms with Gasteiger partial charge in [0.15, 0.2) is 0 Å². The molecule has 1 aromatic rings. The molecular formula is C13H23N3O2S2. The summed E-state index contributed by atoms with van der Waals surface area (Å²) in [6.07, 6.45) is 4.46. The van der Waals surface area contributed by atoms with Gasteiger partial charge in [0.1, 0.15) is 0 Å². The molecular weight excluding hydrogens is 294 g/mol. The Kier molecular flexibility index (Phi) is 5.54. The molecule has 2 heterocycles. The van der Waals surface area contributed by atoms with Crippen molar-refractivity contribution in [1.82, 2.24) is 9.29 Å². The van der Waals surface area contributed by atoms with Crippen molar-refractivity contribution < 1.29 is 8.42 Å². The second kappa shape index (κ2) is 6.98. The lowest BCUT2D eigenvalue weighted by Gasteiger charge is -2.21. The molecule has 0 amide bonds. The monoisotopic (exact) mass is 317 g/mol. The van der Waals surface area contributed by atoms with Crippen LogP contribution in [-0.2, 0) is 23.1 Å². The molecule has 1 saturated heterocycles. The maximum absolute atomic E-state index is 12.4. The van der Waals surface area contributed by atoms with Crippen molar-refractivity contribution in [2.75, 3.05) is 11.5 Å². The molecule has 1 aromatic heterocycles. The Morgan fingerprint density at radius 2 is 2.15 bits per heavy atom. The summed E-state index contributed by atoms with van der Waals surface area (Å²) in [5.74, 6) is 2.05. The Labute approximate surface area is 125 Å². The second-order valence-corrected chi connectivity index (χ2v) is 8.01. The van der Waals surface area contributed by atoms with E-state index in [9.17, 15) is 8.42 Å². The minimum absolute atomic E-state index is 0.0668. The third-order valence-electron chi connectivity index (χ3n) is 3.49. The highest BCUT2D eigenvalue weighted by atomic mass is 32.2. The van der Waals surface area contributed by atoms with Crippen molar-refractivity contribution in [1.29, 1.82) is 0 Å². The first-order chi connectivity index (χ1) is 9.56. The van der Waals surface area contributed by atoms with Crippen molar-refractivity contribution in [3.05, 3.63) is 18.0 Å². The van der Waals surface area contributed by atoms with Crippen LogP contribution in [0.1, 0.15) is 31.9 Å².